The molecule has 2 aromatic carbocycles. The lowest BCUT2D eigenvalue weighted by atomic mass is 9.67. The Balaban J connectivity index is 2.14. The van der Waals surface area contributed by atoms with Crippen LogP contribution in [0.2, 0.25) is 0 Å². The molecule has 1 atom stereocenters. The van der Waals surface area contributed by atoms with Gasteiger partial charge in [-0.2, -0.15) is 5.10 Å². The Morgan fingerprint density at radius 1 is 1.25 bits per heavy atom. The van der Waals surface area contributed by atoms with Crippen molar-refractivity contribution >= 4 is 11.7 Å². The minimum atomic E-state index is -0.658. The molecular weight excluding hydrogens is 302 g/mol. The first-order valence-electron chi connectivity index (χ1n) is 7.91. The van der Waals surface area contributed by atoms with Crippen LogP contribution in [0.4, 0.5) is 4.79 Å². The van der Waals surface area contributed by atoms with E-state index in [1.165, 1.54) is 5.56 Å². The van der Waals surface area contributed by atoms with Crippen molar-refractivity contribution in [2.45, 2.75) is 25.2 Å². The van der Waals surface area contributed by atoms with Gasteiger partial charge in [0.15, 0.2) is 0 Å². The second-order valence-electron chi connectivity index (χ2n) is 6.14. The van der Waals surface area contributed by atoms with Gasteiger partial charge < -0.3 is 10.5 Å². The lowest BCUT2D eigenvalue weighted by molar-refractivity contribution is 0.249. The zero-order valence-electron chi connectivity index (χ0n) is 13.9. The number of nitrogens with zero attached hydrogens (tertiary/aromatic N) is 1. The Hall–Kier alpha value is -2.82. The summed E-state index contributed by atoms with van der Waals surface area (Å²) < 4.78 is 5.41. The lowest BCUT2D eigenvalue weighted by Gasteiger charge is -2.37. The van der Waals surface area contributed by atoms with E-state index in [4.69, 9.17) is 10.5 Å². The van der Waals surface area contributed by atoms with Crippen LogP contribution >= 0.6 is 0 Å². The van der Waals surface area contributed by atoms with Gasteiger partial charge in [-0.15, -0.1) is 0 Å². The molecule has 0 bridgehead atoms. The molecule has 5 nitrogen and oxygen atoms in total. The summed E-state index contributed by atoms with van der Waals surface area (Å²) in [6, 6.07) is 15.7. The quantitative estimate of drug-likeness (QED) is 0.851. The fourth-order valence-electron chi connectivity index (χ4n) is 3.34. The van der Waals surface area contributed by atoms with E-state index in [1.807, 2.05) is 18.2 Å². The normalized spacial score (nSPS) is 21.2. The summed E-state index contributed by atoms with van der Waals surface area (Å²) in [5.74, 6) is 0.806. The van der Waals surface area contributed by atoms with Crippen LogP contribution in [0.1, 0.15) is 36.5 Å². The van der Waals surface area contributed by atoms with Crippen molar-refractivity contribution in [2.24, 2.45) is 10.8 Å². The summed E-state index contributed by atoms with van der Waals surface area (Å²) in [7, 11) is 1.66. The number of ether oxygens (including phenoxy) is 1. The van der Waals surface area contributed by atoms with Crippen molar-refractivity contribution in [1.29, 1.82) is 0 Å². The zero-order chi connectivity index (χ0) is 17.2. The molecule has 124 valence electrons. The molecule has 2 aromatic rings. The highest BCUT2D eigenvalue weighted by Crippen LogP contribution is 2.43. The van der Waals surface area contributed by atoms with Crippen LogP contribution in [0, 0.1) is 0 Å². The Morgan fingerprint density at radius 2 is 2.00 bits per heavy atom. The number of primary amides is 1. The molecular formula is C19H21N3O2. The molecule has 3 N–H and O–H groups in total. The van der Waals surface area contributed by atoms with Gasteiger partial charge in [0.1, 0.15) is 5.75 Å². The molecule has 1 aliphatic carbocycles. The number of hydrogen-bond donors (Lipinski definition) is 2. The number of hydrazone groups is 1. The van der Waals surface area contributed by atoms with Crippen molar-refractivity contribution in [3.05, 3.63) is 65.2 Å². The number of hydrogen-bond acceptors (Lipinski definition) is 3. The van der Waals surface area contributed by atoms with Crippen LogP contribution in [0.25, 0.3) is 0 Å². The molecule has 0 fully saturated rings. The van der Waals surface area contributed by atoms with Crippen molar-refractivity contribution in [1.82, 2.24) is 5.43 Å². The predicted octanol–water partition coefficient (Wildman–Crippen LogP) is 3.17. The first kappa shape index (κ1) is 16.1. The maximum absolute atomic E-state index is 11.0. The minimum absolute atomic E-state index is 0.142. The van der Waals surface area contributed by atoms with E-state index >= 15 is 0 Å². The zero-order valence-corrected chi connectivity index (χ0v) is 13.9. The van der Waals surface area contributed by atoms with Crippen molar-refractivity contribution in [3.8, 4) is 5.75 Å². The molecule has 2 amide bonds. The third-order valence-electron chi connectivity index (χ3n) is 4.71. The average molecular weight is 323 g/mol. The van der Waals surface area contributed by atoms with Crippen molar-refractivity contribution < 1.29 is 9.53 Å². The molecule has 0 aliphatic heterocycles. The van der Waals surface area contributed by atoms with E-state index in [2.05, 4.69) is 47.8 Å². The first-order chi connectivity index (χ1) is 11.5. The summed E-state index contributed by atoms with van der Waals surface area (Å²) in [5, 5.41) is 4.19. The molecule has 0 saturated heterocycles. The van der Waals surface area contributed by atoms with Crippen LogP contribution in [0.15, 0.2) is 53.6 Å². The van der Waals surface area contributed by atoms with E-state index in [1.54, 1.807) is 7.11 Å². The molecule has 0 aromatic heterocycles. The predicted molar refractivity (Wildman–Crippen MR) is 94.4 cm³/mol. The third-order valence-corrected chi connectivity index (χ3v) is 4.71. The van der Waals surface area contributed by atoms with Crippen molar-refractivity contribution in [3.63, 3.8) is 0 Å². The molecule has 0 radical (unpaired) electrons. The Labute approximate surface area is 141 Å². The molecule has 1 aliphatic rings. The number of methoxy groups -OCH3 is 1. The second-order valence-corrected chi connectivity index (χ2v) is 6.14. The molecule has 0 heterocycles. The number of benzene rings is 2. The van der Waals surface area contributed by atoms with Crippen LogP contribution in [-0.4, -0.2) is 18.9 Å². The van der Waals surface area contributed by atoms with Gasteiger partial charge in [-0.3, -0.25) is 0 Å². The maximum atomic E-state index is 11.0. The van der Waals surface area contributed by atoms with E-state index in [9.17, 15) is 4.79 Å². The van der Waals surface area contributed by atoms with Gasteiger partial charge in [-0.25, -0.2) is 10.2 Å². The number of carbonyl (C=O) groups is 1. The van der Waals surface area contributed by atoms with Gasteiger partial charge in [-0.05, 0) is 42.2 Å². The van der Waals surface area contributed by atoms with Gasteiger partial charge in [0.05, 0.1) is 12.8 Å². The maximum Gasteiger partial charge on any atom is 0.332 e. The minimum Gasteiger partial charge on any atom is -0.497 e. The molecule has 5 heteroatoms. The number of fused-ring (bicyclic) bond motifs is 1. The topological polar surface area (TPSA) is 76.7 Å². The Morgan fingerprint density at radius 3 is 2.67 bits per heavy atom. The van der Waals surface area contributed by atoms with E-state index in [0.29, 0.717) is 0 Å². The highest BCUT2D eigenvalue weighted by Gasteiger charge is 2.36. The molecule has 1 unspecified atom stereocenters. The second kappa shape index (κ2) is 6.35. The number of amides is 2. The Kier molecular flexibility index (Phi) is 4.25. The smallest absolute Gasteiger partial charge is 0.332 e. The highest BCUT2D eigenvalue weighted by molar-refractivity contribution is 6.04. The van der Waals surface area contributed by atoms with Gasteiger partial charge >= 0.3 is 6.03 Å². The number of urea groups is 1. The number of nitrogens with two attached hydrogens (primary N) is 1. The fraction of sp³-hybridized carbons (Fsp3) is 0.263. The summed E-state index contributed by atoms with van der Waals surface area (Å²) in [6.45, 7) is 2.24. The van der Waals surface area contributed by atoms with Crippen LogP contribution in [0.3, 0.4) is 0 Å². The third kappa shape index (κ3) is 2.85. The number of nitrogens with one attached hydrogen (secondary N) is 1. The number of rotatable bonds is 3. The van der Waals surface area contributed by atoms with E-state index < -0.39 is 6.03 Å². The number of carbonyl (C=O) groups excluding carboxylic acids is 1. The molecule has 0 spiro atoms. The van der Waals surface area contributed by atoms with Gasteiger partial charge in [0, 0.05) is 11.0 Å². The van der Waals surface area contributed by atoms with Crippen LogP contribution in [-0.2, 0) is 5.41 Å². The highest BCUT2D eigenvalue weighted by atomic mass is 16.5. The van der Waals surface area contributed by atoms with Crippen LogP contribution < -0.4 is 15.9 Å². The summed E-state index contributed by atoms with van der Waals surface area (Å²) in [5.41, 5.74) is 11.6. The lowest BCUT2D eigenvalue weighted by Crippen LogP contribution is -2.33. The first-order valence-corrected chi connectivity index (χ1v) is 7.91. The fourth-order valence-corrected chi connectivity index (χ4v) is 3.34. The molecule has 24 heavy (non-hydrogen) atoms. The van der Waals surface area contributed by atoms with Gasteiger partial charge in [-0.1, -0.05) is 37.3 Å². The average Bonchev–Trinajstić information content (AvgIpc) is 2.61. The molecule has 3 rings (SSSR count). The van der Waals surface area contributed by atoms with E-state index in [-0.39, 0.29) is 5.41 Å². The SMILES string of the molecule is COc1ccc2c(c1)C(C)(c1ccccc1)CCC2=NNC(N)=O. The summed E-state index contributed by atoms with van der Waals surface area (Å²) >= 11 is 0. The standard InChI is InChI=1S/C19H21N3O2/c1-19(13-6-4-3-5-7-13)11-10-17(21-22-18(20)23)15-9-8-14(24-2)12-16(15)19/h3-9,12H,10-11H2,1-2H3,(H3,20,22,23). The summed E-state index contributed by atoms with van der Waals surface area (Å²) in [6.07, 6.45) is 1.64. The molecule has 0 saturated carbocycles. The monoisotopic (exact) mass is 323 g/mol. The summed E-state index contributed by atoms with van der Waals surface area (Å²) in [4.78, 5) is 11.0. The van der Waals surface area contributed by atoms with Gasteiger partial charge in [0.2, 0.25) is 0 Å². The Bertz CT molecular complexity index is 786. The van der Waals surface area contributed by atoms with E-state index in [0.717, 1.165) is 35.4 Å². The largest absolute Gasteiger partial charge is 0.497 e. The van der Waals surface area contributed by atoms with Gasteiger partial charge in [0.25, 0.3) is 0 Å². The van der Waals surface area contributed by atoms with Crippen molar-refractivity contribution in [2.75, 3.05) is 7.11 Å². The van der Waals surface area contributed by atoms with Crippen LogP contribution in [0.5, 0.6) is 5.75 Å².